The number of benzene rings is 3. The molecule has 0 fully saturated rings. The second-order valence-corrected chi connectivity index (χ2v) is 6.20. The first-order valence-electron chi connectivity index (χ1n) is 8.72. The SMILES string of the molecule is C=C(c1ccccc1)c1c(-c2ccccc2)n(CC)c2ccccc12. The molecule has 0 saturated heterocycles. The lowest BCUT2D eigenvalue weighted by atomic mass is 9.94. The normalized spacial score (nSPS) is 10.9. The van der Waals surface area contributed by atoms with E-state index in [0.29, 0.717) is 0 Å². The Bertz CT molecular complexity index is 1020. The second kappa shape index (κ2) is 6.45. The van der Waals surface area contributed by atoms with Gasteiger partial charge in [0.15, 0.2) is 0 Å². The predicted octanol–water partition coefficient (Wildman–Crippen LogP) is 6.39. The van der Waals surface area contributed by atoms with Crippen molar-refractivity contribution in [1.82, 2.24) is 4.57 Å². The summed E-state index contributed by atoms with van der Waals surface area (Å²) in [6, 6.07) is 29.7. The lowest BCUT2D eigenvalue weighted by Crippen LogP contribution is -1.98. The number of aromatic nitrogens is 1. The molecule has 0 bridgehead atoms. The van der Waals surface area contributed by atoms with E-state index < -0.39 is 0 Å². The Morgan fingerprint density at radius 1 is 0.800 bits per heavy atom. The molecule has 1 heterocycles. The molecule has 1 nitrogen and oxygen atoms in total. The topological polar surface area (TPSA) is 4.93 Å². The van der Waals surface area contributed by atoms with Crippen LogP contribution in [0.3, 0.4) is 0 Å². The van der Waals surface area contributed by atoms with Gasteiger partial charge < -0.3 is 4.57 Å². The van der Waals surface area contributed by atoms with Crippen molar-refractivity contribution in [3.63, 3.8) is 0 Å². The Labute approximate surface area is 148 Å². The molecule has 0 radical (unpaired) electrons. The van der Waals surface area contributed by atoms with Gasteiger partial charge in [-0.15, -0.1) is 0 Å². The van der Waals surface area contributed by atoms with Crippen LogP contribution < -0.4 is 0 Å². The van der Waals surface area contributed by atoms with E-state index in [0.717, 1.165) is 12.1 Å². The molecule has 0 spiro atoms. The van der Waals surface area contributed by atoms with E-state index in [2.05, 4.69) is 96.9 Å². The highest BCUT2D eigenvalue weighted by atomic mass is 15.0. The fourth-order valence-corrected chi connectivity index (χ4v) is 3.62. The average Bonchev–Trinajstić information content (AvgIpc) is 3.03. The van der Waals surface area contributed by atoms with Gasteiger partial charge in [-0.05, 0) is 29.7 Å². The molecule has 0 amide bonds. The maximum atomic E-state index is 4.47. The smallest absolute Gasteiger partial charge is 0.0570 e. The first-order chi connectivity index (χ1) is 12.3. The van der Waals surface area contributed by atoms with Gasteiger partial charge in [-0.25, -0.2) is 0 Å². The van der Waals surface area contributed by atoms with Crippen LogP contribution in [0, 0.1) is 0 Å². The summed E-state index contributed by atoms with van der Waals surface area (Å²) in [5.41, 5.74) is 7.21. The molecule has 0 unspecified atom stereocenters. The van der Waals surface area contributed by atoms with Crippen LogP contribution in [0.25, 0.3) is 27.7 Å². The molecule has 4 rings (SSSR count). The van der Waals surface area contributed by atoms with Crippen LogP contribution in [0.2, 0.25) is 0 Å². The molecule has 1 heteroatoms. The van der Waals surface area contributed by atoms with Crippen LogP contribution in [-0.4, -0.2) is 4.57 Å². The molecule has 0 N–H and O–H groups in total. The molecule has 122 valence electrons. The zero-order chi connectivity index (χ0) is 17.2. The van der Waals surface area contributed by atoms with Crippen molar-refractivity contribution < 1.29 is 0 Å². The fourth-order valence-electron chi connectivity index (χ4n) is 3.62. The van der Waals surface area contributed by atoms with E-state index in [-0.39, 0.29) is 0 Å². The van der Waals surface area contributed by atoms with Crippen molar-refractivity contribution in [1.29, 1.82) is 0 Å². The molecule has 4 aromatic rings. The van der Waals surface area contributed by atoms with Gasteiger partial charge in [0.1, 0.15) is 0 Å². The lowest BCUT2D eigenvalue weighted by Gasteiger charge is -2.12. The minimum Gasteiger partial charge on any atom is -0.340 e. The van der Waals surface area contributed by atoms with Crippen LogP contribution in [-0.2, 0) is 6.54 Å². The maximum absolute atomic E-state index is 4.47. The summed E-state index contributed by atoms with van der Waals surface area (Å²) in [5, 5.41) is 1.26. The van der Waals surface area contributed by atoms with Crippen molar-refractivity contribution in [3.8, 4) is 11.3 Å². The third kappa shape index (κ3) is 2.58. The Balaban J connectivity index is 2.07. The molecular weight excluding hydrogens is 302 g/mol. The molecule has 0 aliphatic heterocycles. The largest absolute Gasteiger partial charge is 0.340 e. The van der Waals surface area contributed by atoms with Gasteiger partial charge in [-0.1, -0.05) is 85.4 Å². The van der Waals surface area contributed by atoms with Crippen molar-refractivity contribution in [2.75, 3.05) is 0 Å². The number of para-hydroxylation sites is 1. The van der Waals surface area contributed by atoms with Gasteiger partial charge in [-0.3, -0.25) is 0 Å². The van der Waals surface area contributed by atoms with Crippen molar-refractivity contribution in [2.45, 2.75) is 13.5 Å². The van der Waals surface area contributed by atoms with Gasteiger partial charge in [0.2, 0.25) is 0 Å². The predicted molar refractivity (Wildman–Crippen MR) is 108 cm³/mol. The van der Waals surface area contributed by atoms with E-state index in [1.807, 2.05) is 6.07 Å². The first-order valence-corrected chi connectivity index (χ1v) is 8.72. The van der Waals surface area contributed by atoms with Crippen molar-refractivity contribution in [3.05, 3.63) is 103 Å². The number of hydrogen-bond acceptors (Lipinski definition) is 0. The molecular formula is C24H21N. The lowest BCUT2D eigenvalue weighted by molar-refractivity contribution is 0.804. The van der Waals surface area contributed by atoms with Gasteiger partial charge in [-0.2, -0.15) is 0 Å². The van der Waals surface area contributed by atoms with E-state index in [4.69, 9.17) is 0 Å². The monoisotopic (exact) mass is 323 g/mol. The summed E-state index contributed by atoms with van der Waals surface area (Å²) >= 11 is 0. The fraction of sp³-hybridized carbons (Fsp3) is 0.0833. The minimum absolute atomic E-state index is 0.923. The van der Waals surface area contributed by atoms with E-state index >= 15 is 0 Å². The molecule has 3 aromatic carbocycles. The first kappa shape index (κ1) is 15.5. The van der Waals surface area contributed by atoms with Crippen LogP contribution in [0.5, 0.6) is 0 Å². The number of fused-ring (bicyclic) bond motifs is 1. The Kier molecular flexibility index (Phi) is 3.99. The van der Waals surface area contributed by atoms with Crippen molar-refractivity contribution >= 4 is 16.5 Å². The van der Waals surface area contributed by atoms with Crippen LogP contribution in [0.15, 0.2) is 91.5 Å². The van der Waals surface area contributed by atoms with E-state index in [9.17, 15) is 0 Å². The second-order valence-electron chi connectivity index (χ2n) is 6.20. The zero-order valence-electron chi connectivity index (χ0n) is 14.4. The molecule has 0 aliphatic rings. The van der Waals surface area contributed by atoms with Gasteiger partial charge in [0.05, 0.1) is 5.69 Å². The minimum atomic E-state index is 0.923. The summed E-state index contributed by atoms with van der Waals surface area (Å²) in [4.78, 5) is 0. The average molecular weight is 323 g/mol. The third-order valence-electron chi connectivity index (χ3n) is 4.76. The number of aryl methyl sites for hydroxylation is 1. The van der Waals surface area contributed by atoms with Crippen LogP contribution in [0.4, 0.5) is 0 Å². The van der Waals surface area contributed by atoms with Gasteiger partial charge in [0.25, 0.3) is 0 Å². The number of hydrogen-bond donors (Lipinski definition) is 0. The number of nitrogens with zero attached hydrogens (tertiary/aromatic N) is 1. The van der Waals surface area contributed by atoms with Gasteiger partial charge in [0, 0.05) is 23.0 Å². The Morgan fingerprint density at radius 2 is 1.40 bits per heavy atom. The standard InChI is InChI=1S/C24H21N/c1-3-25-22-17-11-10-16-21(22)23(18(2)19-12-6-4-7-13-19)24(25)20-14-8-5-9-15-20/h4-17H,2-3H2,1H3. The molecule has 25 heavy (non-hydrogen) atoms. The summed E-state index contributed by atoms with van der Waals surface area (Å²) < 4.78 is 2.40. The van der Waals surface area contributed by atoms with E-state index in [1.54, 1.807) is 0 Å². The third-order valence-corrected chi connectivity index (χ3v) is 4.76. The highest BCUT2D eigenvalue weighted by molar-refractivity contribution is 6.03. The summed E-state index contributed by atoms with van der Waals surface area (Å²) in [6.45, 7) is 7.59. The number of rotatable bonds is 4. The van der Waals surface area contributed by atoms with Gasteiger partial charge >= 0.3 is 0 Å². The zero-order valence-corrected chi connectivity index (χ0v) is 14.4. The Hall–Kier alpha value is -3.06. The highest BCUT2D eigenvalue weighted by Gasteiger charge is 2.20. The quantitative estimate of drug-likeness (QED) is 0.410. The summed E-state index contributed by atoms with van der Waals surface area (Å²) in [5.74, 6) is 0. The maximum Gasteiger partial charge on any atom is 0.0570 e. The summed E-state index contributed by atoms with van der Waals surface area (Å²) in [6.07, 6.45) is 0. The molecule has 0 aliphatic carbocycles. The Morgan fingerprint density at radius 3 is 2.08 bits per heavy atom. The molecule has 1 aromatic heterocycles. The summed E-state index contributed by atoms with van der Waals surface area (Å²) in [7, 11) is 0. The van der Waals surface area contributed by atoms with E-state index in [1.165, 1.54) is 33.3 Å². The molecule has 0 atom stereocenters. The molecule has 0 saturated carbocycles. The highest BCUT2D eigenvalue weighted by Crippen LogP contribution is 2.39. The van der Waals surface area contributed by atoms with Crippen molar-refractivity contribution in [2.24, 2.45) is 0 Å². The van der Waals surface area contributed by atoms with Crippen LogP contribution >= 0.6 is 0 Å². The van der Waals surface area contributed by atoms with Crippen LogP contribution in [0.1, 0.15) is 18.1 Å².